The van der Waals surface area contributed by atoms with Gasteiger partial charge in [0, 0.05) is 23.9 Å². The molecule has 4 N–H and O–H groups in total. The van der Waals surface area contributed by atoms with Crippen LogP contribution in [0.3, 0.4) is 0 Å². The summed E-state index contributed by atoms with van der Waals surface area (Å²) in [5, 5.41) is 10.6. The first kappa shape index (κ1) is 23.4. The Morgan fingerprint density at radius 3 is 2.29 bits per heavy atom. The molecule has 0 radical (unpaired) electrons. The highest BCUT2D eigenvalue weighted by Crippen LogP contribution is 2.30. The predicted molar refractivity (Wildman–Crippen MR) is 131 cm³/mol. The number of nitrogens with two attached hydrogens (primary N) is 1. The molecule has 4 rings (SSSR count). The zero-order valence-electron chi connectivity index (χ0n) is 18.8. The van der Waals surface area contributed by atoms with Crippen LogP contribution in [0.4, 0.5) is 0 Å². The van der Waals surface area contributed by atoms with Crippen molar-refractivity contribution in [1.82, 2.24) is 10.6 Å². The Bertz CT molecular complexity index is 1410. The summed E-state index contributed by atoms with van der Waals surface area (Å²) in [4.78, 5) is 25.1. The van der Waals surface area contributed by atoms with Crippen molar-refractivity contribution in [2.45, 2.75) is 31.2 Å². The van der Waals surface area contributed by atoms with Gasteiger partial charge in [-0.15, -0.1) is 0 Å². The van der Waals surface area contributed by atoms with Gasteiger partial charge in [-0.25, -0.2) is 13.6 Å². The fourth-order valence-electron chi connectivity index (χ4n) is 3.79. The molecule has 1 aliphatic heterocycles. The number of nitrogens with one attached hydrogen (secondary N) is 2. The minimum atomic E-state index is -3.76. The first-order valence-electron chi connectivity index (χ1n) is 10.8. The normalized spacial score (nSPS) is 14.8. The van der Waals surface area contributed by atoms with Gasteiger partial charge in [-0.1, -0.05) is 56.3 Å². The van der Waals surface area contributed by atoms with E-state index in [0.717, 1.165) is 16.7 Å². The zero-order chi connectivity index (χ0) is 24.5. The number of carbonyl (C=O) groups excluding carboxylic acids is 2. The molecule has 34 heavy (non-hydrogen) atoms. The van der Waals surface area contributed by atoms with Crippen molar-refractivity contribution in [3.63, 3.8) is 0 Å². The number of carbonyl (C=O) groups is 2. The summed E-state index contributed by atoms with van der Waals surface area (Å²) >= 11 is 0. The number of imide groups is 1. The molecule has 1 heterocycles. The topological polar surface area (TPSA) is 118 Å². The fourth-order valence-corrected chi connectivity index (χ4v) is 4.31. The van der Waals surface area contributed by atoms with E-state index in [1.807, 2.05) is 24.3 Å². The van der Waals surface area contributed by atoms with Crippen LogP contribution >= 0.6 is 0 Å². The summed E-state index contributed by atoms with van der Waals surface area (Å²) in [6, 6.07) is 19.8. The van der Waals surface area contributed by atoms with E-state index in [-0.39, 0.29) is 4.90 Å². The molecular weight excluding hydrogens is 450 g/mol. The van der Waals surface area contributed by atoms with Gasteiger partial charge >= 0.3 is 0 Å². The van der Waals surface area contributed by atoms with Gasteiger partial charge in [-0.05, 0) is 52.4 Å². The third-order valence-corrected chi connectivity index (χ3v) is 6.65. The summed E-state index contributed by atoms with van der Waals surface area (Å²) in [6.07, 6.45) is 1.57. The molecule has 0 spiro atoms. The third-order valence-electron chi connectivity index (χ3n) is 5.72. The molecule has 174 valence electrons. The fraction of sp³-hybridized carbons (Fsp3) is 0.154. The summed E-state index contributed by atoms with van der Waals surface area (Å²) in [5.74, 6) is -0.538. The number of sulfonamides is 1. The minimum absolute atomic E-state index is 0.0303. The standard InChI is InChI=1S/C26H25N3O4S/c1-16(2)18-4-3-5-19(12-18)20-8-11-22-23(13-20)24(26(31)29-25(22)30)15-28-14-17-6-9-21(10-7-17)34(27,32)33/h3-13,15-16,28H,14H2,1-2H3,(H2,27,32,33)(H,29,30,31). The molecule has 2 amide bonds. The van der Waals surface area contributed by atoms with Crippen LogP contribution in [0.15, 0.2) is 77.8 Å². The van der Waals surface area contributed by atoms with E-state index in [9.17, 15) is 18.0 Å². The van der Waals surface area contributed by atoms with Crippen LogP contribution in [0, 0.1) is 0 Å². The average molecular weight is 476 g/mol. The van der Waals surface area contributed by atoms with Gasteiger partial charge in [0.05, 0.1) is 10.5 Å². The second-order valence-corrected chi connectivity index (χ2v) is 10.0. The van der Waals surface area contributed by atoms with Gasteiger partial charge in [0.1, 0.15) is 0 Å². The predicted octanol–water partition coefficient (Wildman–Crippen LogP) is 3.53. The van der Waals surface area contributed by atoms with E-state index < -0.39 is 21.8 Å². The minimum Gasteiger partial charge on any atom is -0.386 e. The summed E-state index contributed by atoms with van der Waals surface area (Å²) < 4.78 is 22.8. The quantitative estimate of drug-likeness (QED) is 0.372. The first-order chi connectivity index (χ1) is 16.1. The van der Waals surface area contributed by atoms with E-state index >= 15 is 0 Å². The molecule has 0 atom stereocenters. The lowest BCUT2D eigenvalue weighted by atomic mass is 9.90. The Hall–Kier alpha value is -3.75. The molecule has 0 aromatic heterocycles. The Morgan fingerprint density at radius 2 is 1.62 bits per heavy atom. The summed E-state index contributed by atoms with van der Waals surface area (Å²) in [5.41, 5.74) is 5.25. The van der Waals surface area contributed by atoms with Crippen LogP contribution in [0.5, 0.6) is 0 Å². The lowest BCUT2D eigenvalue weighted by molar-refractivity contribution is -0.114. The zero-order valence-corrected chi connectivity index (χ0v) is 19.6. The number of benzene rings is 3. The highest BCUT2D eigenvalue weighted by molar-refractivity contribution is 7.89. The molecule has 1 aliphatic rings. The maximum Gasteiger partial charge on any atom is 0.260 e. The Kier molecular flexibility index (Phi) is 6.37. The molecule has 0 unspecified atom stereocenters. The molecular formula is C26H25N3O4S. The van der Waals surface area contributed by atoms with Gasteiger partial charge in [0.15, 0.2) is 0 Å². The number of primary sulfonamides is 1. The average Bonchev–Trinajstić information content (AvgIpc) is 2.80. The molecule has 3 aromatic rings. The summed E-state index contributed by atoms with van der Waals surface area (Å²) in [6.45, 7) is 4.61. The Balaban J connectivity index is 1.63. The van der Waals surface area contributed by atoms with Crippen molar-refractivity contribution < 1.29 is 18.0 Å². The highest BCUT2D eigenvalue weighted by Gasteiger charge is 2.27. The smallest absolute Gasteiger partial charge is 0.260 e. The second-order valence-electron chi connectivity index (χ2n) is 8.45. The molecule has 0 saturated heterocycles. The van der Waals surface area contributed by atoms with Crippen molar-refractivity contribution in [3.8, 4) is 11.1 Å². The molecule has 7 nitrogen and oxygen atoms in total. The maximum atomic E-state index is 12.6. The van der Waals surface area contributed by atoms with E-state index in [1.54, 1.807) is 24.4 Å². The number of amides is 2. The number of rotatable bonds is 6. The van der Waals surface area contributed by atoms with Gasteiger partial charge in [-0.3, -0.25) is 14.9 Å². The van der Waals surface area contributed by atoms with E-state index in [4.69, 9.17) is 5.14 Å². The molecule has 0 bridgehead atoms. The number of hydrogen-bond donors (Lipinski definition) is 3. The van der Waals surface area contributed by atoms with E-state index in [2.05, 4.69) is 36.6 Å². The van der Waals surface area contributed by atoms with Gasteiger partial charge < -0.3 is 5.32 Å². The SMILES string of the molecule is CC(C)c1cccc(-c2ccc3c(c2)C(=CNCc2ccc(S(N)(=O)=O)cc2)C(=O)NC3=O)c1. The molecule has 8 heteroatoms. The highest BCUT2D eigenvalue weighted by atomic mass is 32.2. The Labute approximate surface area is 198 Å². The van der Waals surface area contributed by atoms with Gasteiger partial charge in [-0.2, -0.15) is 0 Å². The number of hydrogen-bond acceptors (Lipinski definition) is 5. The largest absolute Gasteiger partial charge is 0.386 e. The number of fused-ring (bicyclic) bond motifs is 1. The lowest BCUT2D eigenvalue weighted by Gasteiger charge is -2.20. The van der Waals surface area contributed by atoms with Crippen molar-refractivity contribution in [2.75, 3.05) is 0 Å². The molecule has 3 aromatic carbocycles. The lowest BCUT2D eigenvalue weighted by Crippen LogP contribution is -2.37. The van der Waals surface area contributed by atoms with Crippen LogP contribution in [-0.2, 0) is 21.4 Å². The van der Waals surface area contributed by atoms with E-state index in [0.29, 0.717) is 29.2 Å². The summed E-state index contributed by atoms with van der Waals surface area (Å²) in [7, 11) is -3.76. The van der Waals surface area contributed by atoms with Crippen LogP contribution in [0.2, 0.25) is 0 Å². The van der Waals surface area contributed by atoms with Crippen molar-refractivity contribution in [1.29, 1.82) is 0 Å². The molecule has 0 fully saturated rings. The monoisotopic (exact) mass is 475 g/mol. The van der Waals surface area contributed by atoms with Crippen molar-refractivity contribution in [2.24, 2.45) is 5.14 Å². The Morgan fingerprint density at radius 1 is 0.912 bits per heavy atom. The van der Waals surface area contributed by atoms with E-state index in [1.165, 1.54) is 17.7 Å². The first-order valence-corrected chi connectivity index (χ1v) is 12.3. The van der Waals surface area contributed by atoms with Crippen LogP contribution in [0.1, 0.15) is 46.8 Å². The van der Waals surface area contributed by atoms with Crippen molar-refractivity contribution in [3.05, 3.63) is 95.2 Å². The van der Waals surface area contributed by atoms with Gasteiger partial charge in [0.25, 0.3) is 11.8 Å². The van der Waals surface area contributed by atoms with Gasteiger partial charge in [0.2, 0.25) is 10.0 Å². The third kappa shape index (κ3) is 4.93. The molecule has 0 saturated carbocycles. The van der Waals surface area contributed by atoms with Crippen LogP contribution < -0.4 is 15.8 Å². The second kappa shape index (κ2) is 9.24. The molecule has 0 aliphatic carbocycles. The van der Waals surface area contributed by atoms with Crippen LogP contribution in [0.25, 0.3) is 16.7 Å². The van der Waals surface area contributed by atoms with Crippen molar-refractivity contribution >= 4 is 27.4 Å². The van der Waals surface area contributed by atoms with Crippen LogP contribution in [-0.4, -0.2) is 20.2 Å². The maximum absolute atomic E-state index is 12.6.